The maximum atomic E-state index is 6.99. The van der Waals surface area contributed by atoms with Crippen LogP contribution in [0.1, 0.15) is 28.3 Å². The Bertz CT molecular complexity index is 3400. The first-order valence-corrected chi connectivity index (χ1v) is 19.3. The smallest absolute Gasteiger partial charge is 0.145 e. The van der Waals surface area contributed by atoms with Crippen molar-refractivity contribution in [2.24, 2.45) is 0 Å². The summed E-state index contributed by atoms with van der Waals surface area (Å²) in [5.74, 6) is 0. The number of furan rings is 1. The van der Waals surface area contributed by atoms with Gasteiger partial charge >= 0.3 is 0 Å². The van der Waals surface area contributed by atoms with Crippen LogP contribution in [-0.2, 0) is 0 Å². The molecule has 0 spiro atoms. The molecule has 1 aliphatic rings. The Hall–Kier alpha value is -7.36. The summed E-state index contributed by atoms with van der Waals surface area (Å²) in [5, 5.41) is 13.6. The maximum Gasteiger partial charge on any atom is 0.145 e. The Morgan fingerprint density at radius 1 is 0.482 bits per heavy atom. The van der Waals surface area contributed by atoms with E-state index in [1.54, 1.807) is 0 Å². The van der Waals surface area contributed by atoms with Gasteiger partial charge in [0.2, 0.25) is 0 Å². The Balaban J connectivity index is 1.06. The summed E-state index contributed by atoms with van der Waals surface area (Å²) in [5.41, 5.74) is 13.4. The van der Waals surface area contributed by atoms with Crippen LogP contribution in [0.2, 0.25) is 0 Å². The van der Waals surface area contributed by atoms with E-state index in [2.05, 4.69) is 204 Å². The van der Waals surface area contributed by atoms with E-state index in [1.165, 1.54) is 65.6 Å². The first kappa shape index (κ1) is 31.0. The van der Waals surface area contributed by atoms with Gasteiger partial charge in [-0.3, -0.25) is 0 Å². The summed E-state index contributed by atoms with van der Waals surface area (Å²) in [6.45, 7) is 0. The summed E-state index contributed by atoms with van der Waals surface area (Å²) in [4.78, 5) is 0. The molecule has 1 atom stereocenters. The van der Waals surface area contributed by atoms with Crippen molar-refractivity contribution in [1.29, 1.82) is 0 Å². The van der Waals surface area contributed by atoms with Crippen LogP contribution < -0.4 is 5.32 Å². The van der Waals surface area contributed by atoms with Gasteiger partial charge in [-0.05, 0) is 110 Å². The fourth-order valence-electron chi connectivity index (χ4n) is 9.15. The van der Waals surface area contributed by atoms with Crippen molar-refractivity contribution in [2.45, 2.75) is 6.04 Å². The number of nitrogens with zero attached hydrogens (tertiary/aromatic N) is 1. The van der Waals surface area contributed by atoms with Crippen molar-refractivity contribution in [2.75, 3.05) is 0 Å². The Kier molecular flexibility index (Phi) is 6.69. The lowest BCUT2D eigenvalue weighted by atomic mass is 9.88. The first-order chi connectivity index (χ1) is 27.7. The number of benzene rings is 9. The number of hydrogen-bond acceptors (Lipinski definition) is 2. The predicted octanol–water partition coefficient (Wildman–Crippen LogP) is 13.8. The van der Waals surface area contributed by atoms with E-state index in [0.29, 0.717) is 0 Å². The zero-order valence-corrected chi connectivity index (χ0v) is 30.4. The normalized spacial score (nSPS) is 14.1. The second-order valence-corrected chi connectivity index (χ2v) is 15.0. The van der Waals surface area contributed by atoms with Crippen molar-refractivity contribution >= 4 is 77.1 Å². The van der Waals surface area contributed by atoms with Gasteiger partial charge in [0, 0.05) is 38.5 Å². The molecule has 3 heteroatoms. The summed E-state index contributed by atoms with van der Waals surface area (Å²) in [6.07, 6.45) is 2.29. The van der Waals surface area contributed by atoms with Gasteiger partial charge in [-0.1, -0.05) is 133 Å². The highest BCUT2D eigenvalue weighted by Crippen LogP contribution is 2.44. The van der Waals surface area contributed by atoms with Gasteiger partial charge in [0.15, 0.2) is 0 Å². The molecule has 0 saturated carbocycles. The molecule has 0 radical (unpaired) electrons. The van der Waals surface area contributed by atoms with E-state index >= 15 is 0 Å². The van der Waals surface area contributed by atoms with Gasteiger partial charge in [-0.25, -0.2) is 0 Å². The summed E-state index contributed by atoms with van der Waals surface area (Å²) < 4.78 is 9.37. The molecule has 0 bridgehead atoms. The molecule has 3 nitrogen and oxygen atoms in total. The SMILES string of the molecule is C1=C(c2ccc(-c3ccc4ccccc4c3)c3c2oc2cc4ccccc4cc23)NC(c2ccc3c(c2)c2ccccc2n3-c2ccccc2)c2ccccc21. The topological polar surface area (TPSA) is 30.1 Å². The molecule has 0 aliphatic carbocycles. The molecule has 1 unspecified atom stereocenters. The minimum atomic E-state index is -0.0726. The number of hydrogen-bond donors (Lipinski definition) is 1. The predicted molar refractivity (Wildman–Crippen MR) is 234 cm³/mol. The third kappa shape index (κ3) is 4.71. The van der Waals surface area contributed by atoms with Crippen molar-refractivity contribution in [3.8, 4) is 16.8 Å². The lowest BCUT2D eigenvalue weighted by molar-refractivity contribution is 0.665. The monoisotopic (exact) mass is 714 g/mol. The van der Waals surface area contributed by atoms with Gasteiger partial charge in [-0.15, -0.1) is 0 Å². The molecule has 0 amide bonds. The third-order valence-electron chi connectivity index (χ3n) is 11.8. The summed E-state index contributed by atoms with van der Waals surface area (Å²) >= 11 is 0. The van der Waals surface area contributed by atoms with E-state index in [0.717, 1.165) is 44.4 Å². The maximum absolute atomic E-state index is 6.99. The van der Waals surface area contributed by atoms with E-state index in [4.69, 9.17) is 4.42 Å². The average Bonchev–Trinajstić information content (AvgIpc) is 3.80. The van der Waals surface area contributed by atoms with Crippen LogP contribution in [0.15, 0.2) is 192 Å². The van der Waals surface area contributed by atoms with Gasteiger partial charge < -0.3 is 14.3 Å². The largest absolute Gasteiger partial charge is 0.455 e. The molecule has 12 rings (SSSR count). The van der Waals surface area contributed by atoms with Crippen LogP contribution in [0.25, 0.3) is 93.9 Å². The highest BCUT2D eigenvalue weighted by molar-refractivity contribution is 6.18. The molecule has 1 N–H and O–H groups in total. The first-order valence-electron chi connectivity index (χ1n) is 19.3. The molecule has 0 fully saturated rings. The fraction of sp³-hybridized carbons (Fsp3) is 0.0189. The Labute approximate surface area is 323 Å². The van der Waals surface area contributed by atoms with E-state index in [9.17, 15) is 0 Å². The molecule has 2 aromatic heterocycles. The highest BCUT2D eigenvalue weighted by Gasteiger charge is 2.27. The molecule has 262 valence electrons. The van der Waals surface area contributed by atoms with Crippen molar-refractivity contribution in [3.63, 3.8) is 0 Å². The zero-order valence-electron chi connectivity index (χ0n) is 30.4. The van der Waals surface area contributed by atoms with Crippen LogP contribution in [0, 0.1) is 0 Å². The van der Waals surface area contributed by atoms with Crippen LogP contribution in [-0.4, -0.2) is 4.57 Å². The van der Waals surface area contributed by atoms with E-state index in [-0.39, 0.29) is 6.04 Å². The molecule has 0 saturated heterocycles. The Morgan fingerprint density at radius 2 is 1.18 bits per heavy atom. The molecule has 11 aromatic rings. The van der Waals surface area contributed by atoms with Crippen LogP contribution in [0.3, 0.4) is 0 Å². The molecular weight excluding hydrogens is 681 g/mol. The summed E-state index contributed by atoms with van der Waals surface area (Å²) in [6, 6.07) is 68.0. The number of aromatic nitrogens is 1. The number of rotatable bonds is 4. The fourth-order valence-corrected chi connectivity index (χ4v) is 9.15. The quantitative estimate of drug-likeness (QED) is 0.197. The third-order valence-corrected chi connectivity index (χ3v) is 11.8. The van der Waals surface area contributed by atoms with Crippen molar-refractivity contribution in [1.82, 2.24) is 9.88 Å². The van der Waals surface area contributed by atoms with Gasteiger partial charge in [0.05, 0.1) is 17.1 Å². The van der Waals surface area contributed by atoms with E-state index < -0.39 is 0 Å². The van der Waals surface area contributed by atoms with Gasteiger partial charge in [0.25, 0.3) is 0 Å². The zero-order chi connectivity index (χ0) is 36.7. The van der Waals surface area contributed by atoms with E-state index in [1.807, 2.05) is 0 Å². The summed E-state index contributed by atoms with van der Waals surface area (Å²) in [7, 11) is 0. The van der Waals surface area contributed by atoms with Crippen LogP contribution in [0.4, 0.5) is 0 Å². The van der Waals surface area contributed by atoms with Crippen molar-refractivity contribution in [3.05, 3.63) is 210 Å². The van der Waals surface area contributed by atoms with Crippen molar-refractivity contribution < 1.29 is 4.42 Å². The molecular formula is C53H34N2O. The average molecular weight is 715 g/mol. The molecule has 3 heterocycles. The second kappa shape index (κ2) is 12.1. The molecule has 56 heavy (non-hydrogen) atoms. The number of nitrogens with one attached hydrogen (secondary N) is 1. The minimum Gasteiger partial charge on any atom is -0.455 e. The number of para-hydroxylation sites is 2. The lowest BCUT2D eigenvalue weighted by Gasteiger charge is -2.29. The van der Waals surface area contributed by atoms with Crippen LogP contribution in [0.5, 0.6) is 0 Å². The lowest BCUT2D eigenvalue weighted by Crippen LogP contribution is -2.25. The van der Waals surface area contributed by atoms with Crippen LogP contribution >= 0.6 is 0 Å². The minimum absolute atomic E-state index is 0.0726. The Morgan fingerprint density at radius 3 is 2.05 bits per heavy atom. The highest BCUT2D eigenvalue weighted by atomic mass is 16.3. The van der Waals surface area contributed by atoms with Gasteiger partial charge in [-0.2, -0.15) is 0 Å². The molecule has 1 aliphatic heterocycles. The molecule has 9 aromatic carbocycles. The second-order valence-electron chi connectivity index (χ2n) is 15.0. The standard InChI is InChI=1S/C53H34N2O/c1-2-17-40(18-3-1)55-48-21-11-10-20-43(48)45-30-39(24-27-49(45)55)52-42-19-9-8-16-37(42)31-47(54-52)44-26-25-41(38-23-22-33-12-4-5-13-34(33)28-38)51-46-29-35-14-6-7-15-36(35)32-50(46)56-53(44)51/h1-32,52,54H. The van der Waals surface area contributed by atoms with Gasteiger partial charge in [0.1, 0.15) is 11.2 Å². The number of fused-ring (bicyclic) bond motifs is 9.